The van der Waals surface area contributed by atoms with Crippen molar-refractivity contribution in [3.63, 3.8) is 0 Å². The van der Waals surface area contributed by atoms with E-state index in [4.69, 9.17) is 5.73 Å². The highest BCUT2D eigenvalue weighted by atomic mass is 16.2. The molecule has 100 valence electrons. The van der Waals surface area contributed by atoms with Gasteiger partial charge < -0.3 is 10.6 Å². The third-order valence-electron chi connectivity index (χ3n) is 3.76. The summed E-state index contributed by atoms with van der Waals surface area (Å²) < 4.78 is 0. The molecule has 0 bridgehead atoms. The molecule has 17 heavy (non-hydrogen) atoms. The number of unbranched alkanes of at least 4 members (excludes halogenated alkanes) is 2. The second-order valence-corrected chi connectivity index (χ2v) is 5.21. The van der Waals surface area contributed by atoms with E-state index in [9.17, 15) is 4.79 Å². The van der Waals surface area contributed by atoms with E-state index in [0.29, 0.717) is 5.91 Å². The van der Waals surface area contributed by atoms with Crippen molar-refractivity contribution in [2.75, 3.05) is 19.6 Å². The minimum atomic E-state index is 0.358. The van der Waals surface area contributed by atoms with E-state index < -0.39 is 0 Å². The first-order chi connectivity index (χ1) is 8.27. The molecule has 0 aromatic carbocycles. The van der Waals surface area contributed by atoms with Gasteiger partial charge in [-0.15, -0.1) is 0 Å². The fourth-order valence-corrected chi connectivity index (χ4v) is 2.63. The van der Waals surface area contributed by atoms with Crippen LogP contribution in [-0.2, 0) is 4.79 Å². The van der Waals surface area contributed by atoms with Crippen LogP contribution in [0.3, 0.4) is 0 Å². The lowest BCUT2D eigenvalue weighted by atomic mass is 9.92. The fraction of sp³-hybridized carbons (Fsp3) is 0.929. The number of likely N-dealkylation sites (tertiary alicyclic amines) is 1. The summed E-state index contributed by atoms with van der Waals surface area (Å²) >= 11 is 0. The van der Waals surface area contributed by atoms with Crippen LogP contribution in [-0.4, -0.2) is 30.4 Å². The Morgan fingerprint density at radius 1 is 1.24 bits per heavy atom. The number of piperidine rings is 1. The van der Waals surface area contributed by atoms with Crippen LogP contribution in [0.15, 0.2) is 0 Å². The summed E-state index contributed by atoms with van der Waals surface area (Å²) in [5.74, 6) is 1.22. The Hall–Kier alpha value is -0.570. The summed E-state index contributed by atoms with van der Waals surface area (Å²) in [5, 5.41) is 0. The molecule has 1 rings (SSSR count). The predicted molar refractivity (Wildman–Crippen MR) is 71.7 cm³/mol. The van der Waals surface area contributed by atoms with Gasteiger partial charge in [-0.3, -0.25) is 4.79 Å². The van der Waals surface area contributed by atoms with Gasteiger partial charge in [-0.2, -0.15) is 0 Å². The molecule has 1 heterocycles. The molecule has 1 aliphatic heterocycles. The first-order valence-corrected chi connectivity index (χ1v) is 7.25. The van der Waals surface area contributed by atoms with Crippen LogP contribution < -0.4 is 5.73 Å². The summed E-state index contributed by atoms with van der Waals surface area (Å²) in [6.45, 7) is 4.96. The fourth-order valence-electron chi connectivity index (χ4n) is 2.63. The Balaban J connectivity index is 2.12. The Morgan fingerprint density at radius 2 is 1.94 bits per heavy atom. The van der Waals surface area contributed by atoms with Crippen LogP contribution in [0.25, 0.3) is 0 Å². The van der Waals surface area contributed by atoms with Crippen LogP contribution in [0, 0.1) is 5.92 Å². The zero-order valence-corrected chi connectivity index (χ0v) is 11.3. The van der Waals surface area contributed by atoms with Crippen LogP contribution in [0.4, 0.5) is 0 Å². The van der Waals surface area contributed by atoms with E-state index in [2.05, 4.69) is 11.8 Å². The minimum Gasteiger partial charge on any atom is -0.343 e. The van der Waals surface area contributed by atoms with Gasteiger partial charge in [0.05, 0.1) is 0 Å². The van der Waals surface area contributed by atoms with Gasteiger partial charge in [-0.1, -0.05) is 26.2 Å². The van der Waals surface area contributed by atoms with Gasteiger partial charge >= 0.3 is 0 Å². The van der Waals surface area contributed by atoms with Gasteiger partial charge in [0.25, 0.3) is 0 Å². The maximum Gasteiger partial charge on any atom is 0.222 e. The van der Waals surface area contributed by atoms with Gasteiger partial charge in [0, 0.05) is 19.5 Å². The second kappa shape index (κ2) is 8.51. The van der Waals surface area contributed by atoms with Gasteiger partial charge in [0.15, 0.2) is 0 Å². The summed E-state index contributed by atoms with van der Waals surface area (Å²) in [6, 6.07) is 0. The molecular formula is C14H28N2O. The van der Waals surface area contributed by atoms with E-state index in [1.807, 2.05) is 0 Å². The third kappa shape index (κ3) is 5.53. The number of nitrogens with zero attached hydrogens (tertiary/aromatic N) is 1. The summed E-state index contributed by atoms with van der Waals surface area (Å²) in [6.07, 6.45) is 8.89. The van der Waals surface area contributed by atoms with Crippen LogP contribution >= 0.6 is 0 Å². The molecule has 1 amide bonds. The first kappa shape index (κ1) is 14.5. The lowest BCUT2D eigenvalue weighted by Crippen LogP contribution is -2.38. The van der Waals surface area contributed by atoms with Crippen molar-refractivity contribution in [1.29, 1.82) is 0 Å². The van der Waals surface area contributed by atoms with E-state index >= 15 is 0 Å². The van der Waals surface area contributed by atoms with Gasteiger partial charge in [-0.05, 0) is 38.1 Å². The lowest BCUT2D eigenvalue weighted by molar-refractivity contribution is -0.132. The van der Waals surface area contributed by atoms with E-state index in [0.717, 1.165) is 51.2 Å². The molecule has 0 aliphatic carbocycles. The highest BCUT2D eigenvalue weighted by Gasteiger charge is 2.21. The molecule has 2 N–H and O–H groups in total. The molecule has 0 saturated carbocycles. The highest BCUT2D eigenvalue weighted by molar-refractivity contribution is 5.76. The molecule has 3 heteroatoms. The second-order valence-electron chi connectivity index (χ2n) is 5.21. The maximum atomic E-state index is 11.9. The molecule has 0 atom stereocenters. The van der Waals surface area contributed by atoms with Crippen molar-refractivity contribution in [3.8, 4) is 0 Å². The third-order valence-corrected chi connectivity index (χ3v) is 3.76. The highest BCUT2D eigenvalue weighted by Crippen LogP contribution is 2.22. The van der Waals surface area contributed by atoms with Gasteiger partial charge in [0.1, 0.15) is 0 Å². The van der Waals surface area contributed by atoms with Crippen molar-refractivity contribution in [1.82, 2.24) is 4.90 Å². The SMILES string of the molecule is CCCC1CCN(C(=O)CCCCCN)CC1. The first-order valence-electron chi connectivity index (χ1n) is 7.25. The largest absolute Gasteiger partial charge is 0.343 e. The summed E-state index contributed by atoms with van der Waals surface area (Å²) in [7, 11) is 0. The standard InChI is InChI=1S/C14H28N2O/c1-2-6-13-8-11-16(12-9-13)14(17)7-4-3-5-10-15/h13H,2-12,15H2,1H3. The van der Waals surface area contributed by atoms with Crippen LogP contribution in [0.1, 0.15) is 58.3 Å². The van der Waals surface area contributed by atoms with Crippen molar-refractivity contribution in [2.45, 2.75) is 58.3 Å². The monoisotopic (exact) mass is 240 g/mol. The topological polar surface area (TPSA) is 46.3 Å². The van der Waals surface area contributed by atoms with E-state index in [1.54, 1.807) is 0 Å². The quantitative estimate of drug-likeness (QED) is 0.695. The molecule has 0 aromatic rings. The molecule has 0 aromatic heterocycles. The van der Waals surface area contributed by atoms with Crippen LogP contribution in [0.2, 0.25) is 0 Å². The van der Waals surface area contributed by atoms with Crippen molar-refractivity contribution in [2.24, 2.45) is 11.7 Å². The Kier molecular flexibility index (Phi) is 7.25. The average molecular weight is 240 g/mol. The number of rotatable bonds is 7. The Morgan fingerprint density at radius 3 is 2.53 bits per heavy atom. The smallest absolute Gasteiger partial charge is 0.222 e. The van der Waals surface area contributed by atoms with E-state index in [-0.39, 0.29) is 0 Å². The minimum absolute atomic E-state index is 0.358. The number of amides is 1. The number of nitrogens with two attached hydrogens (primary N) is 1. The normalized spacial score (nSPS) is 17.4. The maximum absolute atomic E-state index is 11.9. The zero-order chi connectivity index (χ0) is 12.5. The average Bonchev–Trinajstić information content (AvgIpc) is 2.36. The molecule has 0 unspecified atom stereocenters. The number of hydrogen-bond donors (Lipinski definition) is 1. The number of carbonyl (C=O) groups excluding carboxylic acids is 1. The van der Waals surface area contributed by atoms with Crippen molar-refractivity contribution in [3.05, 3.63) is 0 Å². The van der Waals surface area contributed by atoms with Crippen molar-refractivity contribution < 1.29 is 4.79 Å². The lowest BCUT2D eigenvalue weighted by Gasteiger charge is -2.32. The zero-order valence-electron chi connectivity index (χ0n) is 11.3. The van der Waals surface area contributed by atoms with Crippen molar-refractivity contribution >= 4 is 5.91 Å². The van der Waals surface area contributed by atoms with Gasteiger partial charge in [-0.25, -0.2) is 0 Å². The molecule has 1 fully saturated rings. The summed E-state index contributed by atoms with van der Waals surface area (Å²) in [5.41, 5.74) is 5.44. The molecular weight excluding hydrogens is 212 g/mol. The van der Waals surface area contributed by atoms with Gasteiger partial charge in [0.2, 0.25) is 5.91 Å². The molecule has 3 nitrogen and oxygen atoms in total. The molecule has 0 radical (unpaired) electrons. The Bertz CT molecular complexity index is 210. The van der Waals surface area contributed by atoms with E-state index in [1.165, 1.54) is 25.7 Å². The predicted octanol–water partition coefficient (Wildman–Crippen LogP) is 2.54. The number of hydrogen-bond acceptors (Lipinski definition) is 2. The number of carbonyl (C=O) groups is 1. The molecule has 0 spiro atoms. The molecule has 1 aliphatic rings. The Labute approximate surface area is 106 Å². The van der Waals surface area contributed by atoms with Crippen LogP contribution in [0.5, 0.6) is 0 Å². The summed E-state index contributed by atoms with van der Waals surface area (Å²) in [4.78, 5) is 14.0. The molecule has 1 saturated heterocycles.